The molecule has 0 aliphatic carbocycles. The van der Waals surface area contributed by atoms with Gasteiger partial charge in [-0.2, -0.15) is 0 Å². The van der Waals surface area contributed by atoms with Crippen LogP contribution in [0.4, 0.5) is 0 Å². The van der Waals surface area contributed by atoms with Crippen LogP contribution >= 0.6 is 15.9 Å². The van der Waals surface area contributed by atoms with E-state index in [1.807, 2.05) is 12.1 Å². The van der Waals surface area contributed by atoms with E-state index in [-0.39, 0.29) is 0 Å². The summed E-state index contributed by atoms with van der Waals surface area (Å²) in [6.45, 7) is 2.75. The quantitative estimate of drug-likeness (QED) is 0.908. The lowest BCUT2D eigenvalue weighted by atomic mass is 9.84. The summed E-state index contributed by atoms with van der Waals surface area (Å²) in [4.78, 5) is 14.4. The summed E-state index contributed by atoms with van der Waals surface area (Å²) in [5.41, 5.74) is 1.15. The lowest BCUT2D eigenvalue weighted by Gasteiger charge is -2.44. The molecular weight excluding hydrogens is 332 g/mol. The van der Waals surface area contributed by atoms with E-state index >= 15 is 0 Å². The van der Waals surface area contributed by atoms with Gasteiger partial charge in [-0.25, -0.2) is 0 Å². The minimum Gasteiger partial charge on any atom is -0.496 e. The average Bonchev–Trinajstić information content (AvgIpc) is 2.50. The Bertz CT molecular complexity index is 535. The highest BCUT2D eigenvalue weighted by molar-refractivity contribution is 9.10. The number of methoxy groups -OCH3 is 1. The molecule has 21 heavy (non-hydrogen) atoms. The van der Waals surface area contributed by atoms with E-state index in [0.29, 0.717) is 30.8 Å². The summed E-state index contributed by atoms with van der Waals surface area (Å²) in [5.74, 6) is 1.73. The van der Waals surface area contributed by atoms with Gasteiger partial charge in [0.15, 0.2) is 0 Å². The number of piperidine rings is 2. The van der Waals surface area contributed by atoms with Gasteiger partial charge in [-0.05, 0) is 65.5 Å². The average molecular weight is 353 g/mol. The molecule has 0 bridgehead atoms. The number of likely N-dealkylation sites (tertiary alicyclic amines) is 1. The van der Waals surface area contributed by atoms with E-state index in [2.05, 4.69) is 32.2 Å². The first-order valence-electron chi connectivity index (χ1n) is 7.51. The summed E-state index contributed by atoms with van der Waals surface area (Å²) in [7, 11) is 1.66. The molecule has 0 spiro atoms. The molecule has 114 valence electrons. The number of carbonyl (C=O) groups excluding carboxylic acids is 1. The second-order valence-electron chi connectivity index (χ2n) is 5.85. The molecule has 1 aromatic carbocycles. The van der Waals surface area contributed by atoms with Gasteiger partial charge >= 0.3 is 0 Å². The highest BCUT2D eigenvalue weighted by atomic mass is 79.9. The lowest BCUT2D eigenvalue weighted by Crippen LogP contribution is -2.54. The maximum absolute atomic E-state index is 12.3. The zero-order chi connectivity index (χ0) is 14.8. The SMILES string of the molecule is COc1ccc(CN2C(=O)CCC3CNCCC32)cc1Br. The number of hydrogen-bond donors (Lipinski definition) is 1. The number of nitrogens with zero attached hydrogens (tertiary/aromatic N) is 1. The van der Waals surface area contributed by atoms with Crippen molar-refractivity contribution in [3.63, 3.8) is 0 Å². The molecule has 2 heterocycles. The van der Waals surface area contributed by atoms with Gasteiger partial charge in [-0.1, -0.05) is 6.07 Å². The molecule has 3 rings (SSSR count). The predicted octanol–water partition coefficient (Wildman–Crippen LogP) is 2.56. The van der Waals surface area contributed by atoms with E-state index in [1.165, 1.54) is 0 Å². The minimum absolute atomic E-state index is 0.296. The summed E-state index contributed by atoms with van der Waals surface area (Å²) >= 11 is 3.52. The van der Waals surface area contributed by atoms with Crippen molar-refractivity contribution in [3.05, 3.63) is 28.2 Å². The molecule has 2 atom stereocenters. The zero-order valence-electron chi connectivity index (χ0n) is 12.3. The van der Waals surface area contributed by atoms with Gasteiger partial charge in [0.1, 0.15) is 5.75 Å². The highest BCUT2D eigenvalue weighted by Gasteiger charge is 2.36. The lowest BCUT2D eigenvalue weighted by molar-refractivity contribution is -0.140. The van der Waals surface area contributed by atoms with Crippen LogP contribution in [0.25, 0.3) is 0 Å². The second kappa shape index (κ2) is 6.36. The highest BCUT2D eigenvalue weighted by Crippen LogP contribution is 2.31. The smallest absolute Gasteiger partial charge is 0.223 e. The van der Waals surface area contributed by atoms with E-state index in [0.717, 1.165) is 41.7 Å². The first-order valence-corrected chi connectivity index (χ1v) is 8.31. The van der Waals surface area contributed by atoms with Crippen molar-refractivity contribution in [2.45, 2.75) is 31.8 Å². The first-order chi connectivity index (χ1) is 10.2. The van der Waals surface area contributed by atoms with Crippen molar-refractivity contribution in [2.75, 3.05) is 20.2 Å². The van der Waals surface area contributed by atoms with Crippen LogP contribution in [0, 0.1) is 5.92 Å². The van der Waals surface area contributed by atoms with Crippen LogP contribution in [-0.4, -0.2) is 37.0 Å². The Morgan fingerprint density at radius 1 is 1.43 bits per heavy atom. The van der Waals surface area contributed by atoms with Crippen molar-refractivity contribution in [1.82, 2.24) is 10.2 Å². The van der Waals surface area contributed by atoms with Crippen LogP contribution in [0.15, 0.2) is 22.7 Å². The largest absolute Gasteiger partial charge is 0.496 e. The van der Waals surface area contributed by atoms with Crippen molar-refractivity contribution < 1.29 is 9.53 Å². The normalized spacial score (nSPS) is 25.6. The number of amides is 1. The van der Waals surface area contributed by atoms with Gasteiger partial charge in [0.2, 0.25) is 5.91 Å². The number of rotatable bonds is 3. The van der Waals surface area contributed by atoms with Crippen molar-refractivity contribution in [2.24, 2.45) is 5.92 Å². The summed E-state index contributed by atoms with van der Waals surface area (Å²) < 4.78 is 6.20. The van der Waals surface area contributed by atoms with Crippen LogP contribution in [0.5, 0.6) is 5.75 Å². The van der Waals surface area contributed by atoms with E-state index in [4.69, 9.17) is 4.74 Å². The Kier molecular flexibility index (Phi) is 4.50. The van der Waals surface area contributed by atoms with Crippen LogP contribution in [-0.2, 0) is 11.3 Å². The van der Waals surface area contributed by atoms with Crippen molar-refractivity contribution in [3.8, 4) is 5.75 Å². The van der Waals surface area contributed by atoms with E-state index in [1.54, 1.807) is 7.11 Å². The molecule has 2 aliphatic heterocycles. The van der Waals surface area contributed by atoms with Crippen LogP contribution in [0.1, 0.15) is 24.8 Å². The number of hydrogen-bond acceptors (Lipinski definition) is 3. The van der Waals surface area contributed by atoms with E-state index in [9.17, 15) is 4.79 Å². The zero-order valence-corrected chi connectivity index (χ0v) is 13.9. The Labute approximate surface area is 134 Å². The predicted molar refractivity (Wildman–Crippen MR) is 85.2 cm³/mol. The molecule has 1 N–H and O–H groups in total. The molecule has 4 nitrogen and oxygen atoms in total. The molecule has 0 saturated carbocycles. The van der Waals surface area contributed by atoms with E-state index < -0.39 is 0 Å². The van der Waals surface area contributed by atoms with Gasteiger partial charge in [-0.3, -0.25) is 4.79 Å². The Balaban J connectivity index is 1.78. The minimum atomic E-state index is 0.296. The fourth-order valence-corrected chi connectivity index (χ4v) is 4.05. The molecular formula is C16H21BrN2O2. The van der Waals surface area contributed by atoms with Crippen molar-refractivity contribution >= 4 is 21.8 Å². The van der Waals surface area contributed by atoms with Crippen LogP contribution in [0.2, 0.25) is 0 Å². The molecule has 5 heteroatoms. The van der Waals surface area contributed by atoms with Gasteiger partial charge in [0.25, 0.3) is 0 Å². The second-order valence-corrected chi connectivity index (χ2v) is 6.70. The molecule has 0 radical (unpaired) electrons. The number of ether oxygens (including phenoxy) is 1. The molecule has 2 saturated heterocycles. The third-order valence-electron chi connectivity index (χ3n) is 4.59. The molecule has 2 unspecified atom stereocenters. The number of fused-ring (bicyclic) bond motifs is 1. The van der Waals surface area contributed by atoms with Gasteiger partial charge in [0, 0.05) is 19.0 Å². The Morgan fingerprint density at radius 3 is 3.05 bits per heavy atom. The fraction of sp³-hybridized carbons (Fsp3) is 0.562. The van der Waals surface area contributed by atoms with Gasteiger partial charge in [0.05, 0.1) is 11.6 Å². The number of halogens is 1. The standard InChI is InChI=1S/C16H21BrN2O2/c1-21-15-4-2-11(8-13(15)17)10-19-14-6-7-18-9-12(14)3-5-16(19)20/h2,4,8,12,14,18H,3,5-7,9-10H2,1H3. The van der Waals surface area contributed by atoms with Gasteiger partial charge < -0.3 is 15.0 Å². The molecule has 1 amide bonds. The number of nitrogens with one attached hydrogen (secondary N) is 1. The molecule has 2 fully saturated rings. The maximum atomic E-state index is 12.3. The molecule has 2 aliphatic rings. The third kappa shape index (κ3) is 3.09. The van der Waals surface area contributed by atoms with Crippen molar-refractivity contribution in [1.29, 1.82) is 0 Å². The topological polar surface area (TPSA) is 41.6 Å². The summed E-state index contributed by atoms with van der Waals surface area (Å²) in [6, 6.07) is 6.44. The molecule has 1 aromatic rings. The summed E-state index contributed by atoms with van der Waals surface area (Å²) in [6.07, 6.45) is 2.77. The Morgan fingerprint density at radius 2 is 2.29 bits per heavy atom. The maximum Gasteiger partial charge on any atom is 0.223 e. The Hall–Kier alpha value is -1.07. The fourth-order valence-electron chi connectivity index (χ4n) is 3.46. The third-order valence-corrected chi connectivity index (χ3v) is 5.21. The molecule has 0 aromatic heterocycles. The number of benzene rings is 1. The first kappa shape index (κ1) is 14.9. The van der Waals surface area contributed by atoms with Crippen LogP contribution < -0.4 is 10.1 Å². The van der Waals surface area contributed by atoms with Crippen LogP contribution in [0.3, 0.4) is 0 Å². The van der Waals surface area contributed by atoms with Gasteiger partial charge in [-0.15, -0.1) is 0 Å². The monoisotopic (exact) mass is 352 g/mol. The summed E-state index contributed by atoms with van der Waals surface area (Å²) in [5, 5.41) is 3.45. The number of carbonyl (C=O) groups is 1.